The third-order valence-electron chi connectivity index (χ3n) is 2.11. The van der Waals surface area contributed by atoms with Gasteiger partial charge in [-0.15, -0.1) is 0 Å². The van der Waals surface area contributed by atoms with Crippen molar-refractivity contribution < 1.29 is 4.43 Å². The van der Waals surface area contributed by atoms with E-state index in [1.165, 1.54) is 0 Å². The van der Waals surface area contributed by atoms with Gasteiger partial charge in [0.2, 0.25) is 0 Å². The first-order valence-electron chi connectivity index (χ1n) is 4.04. The van der Waals surface area contributed by atoms with E-state index in [1.807, 2.05) is 0 Å². The van der Waals surface area contributed by atoms with Crippen LogP contribution in [0, 0.1) is 0 Å². The smallest absolute Gasteiger partial charge is 0.186 e. The largest absolute Gasteiger partial charge is 0.793 e. The van der Waals surface area contributed by atoms with Crippen LogP contribution in [0.15, 0.2) is 0 Å². The average molecular weight is 239 g/mol. The summed E-state index contributed by atoms with van der Waals surface area (Å²) >= 11 is 14.9. The van der Waals surface area contributed by atoms with E-state index in [1.54, 1.807) is 7.11 Å². The summed E-state index contributed by atoms with van der Waals surface area (Å²) in [5, 5.41) is 0. The van der Waals surface area contributed by atoms with Gasteiger partial charge >= 0.3 is 0 Å². The van der Waals surface area contributed by atoms with E-state index in [4.69, 9.17) is 42.3 Å². The Labute approximate surface area is 93.0 Å². The average Bonchev–Trinajstić information content (AvgIpc) is 2.06. The van der Waals surface area contributed by atoms with Gasteiger partial charge in [0, 0.05) is 7.11 Å². The summed E-state index contributed by atoms with van der Waals surface area (Å²) in [4.78, 5) is 0. The van der Waals surface area contributed by atoms with Crippen molar-refractivity contribution >= 4 is 46.2 Å². The van der Waals surface area contributed by atoms with Crippen molar-refractivity contribution in [2.75, 3.05) is 24.4 Å². The molecule has 0 rings (SSSR count). The van der Waals surface area contributed by atoms with Crippen LogP contribution in [0.5, 0.6) is 0 Å². The molecule has 0 aliphatic carbocycles. The zero-order valence-electron chi connectivity index (χ0n) is 7.38. The zero-order chi connectivity index (χ0) is 9.45. The van der Waals surface area contributed by atoms with Crippen LogP contribution in [0.2, 0.25) is 18.1 Å². The summed E-state index contributed by atoms with van der Waals surface area (Å²) in [5.74, 6) is 2.35. The molecule has 0 atom stereocenters. The van der Waals surface area contributed by atoms with Crippen molar-refractivity contribution in [2.45, 2.75) is 18.1 Å². The summed E-state index contributed by atoms with van der Waals surface area (Å²) in [6.45, 7) is 0. The Morgan fingerprint density at radius 3 is 1.42 bits per heavy atom. The Morgan fingerprint density at radius 2 is 1.25 bits per heavy atom. The molecule has 0 heterocycles. The summed E-state index contributed by atoms with van der Waals surface area (Å²) in [6.07, 6.45) is 0. The number of hydrogen-bond acceptors (Lipinski definition) is 4. The molecule has 0 saturated carbocycles. The molecule has 0 aliphatic rings. The minimum atomic E-state index is -1.58. The Balaban J connectivity index is 4.06. The zero-order valence-corrected chi connectivity index (χ0v) is 10.8. The van der Waals surface area contributed by atoms with Crippen LogP contribution >= 0.6 is 0 Å². The molecule has 0 aromatic rings. The van der Waals surface area contributed by atoms with Gasteiger partial charge in [0.25, 0.3) is 0 Å². The third kappa shape index (κ3) is 4.46. The fourth-order valence-electron chi connectivity index (χ4n) is 1.24. The second kappa shape index (κ2) is 7.61. The van der Waals surface area contributed by atoms with Gasteiger partial charge in [-0.2, -0.15) is 17.3 Å². The molecule has 12 heavy (non-hydrogen) atoms. The van der Waals surface area contributed by atoms with Gasteiger partial charge in [-0.25, -0.2) is 0 Å². The Kier molecular flexibility index (Phi) is 8.39. The maximum Gasteiger partial charge on any atom is 0.186 e. The summed E-state index contributed by atoms with van der Waals surface area (Å²) in [7, 11) is 0.203. The van der Waals surface area contributed by atoms with Crippen molar-refractivity contribution in [3.63, 3.8) is 0 Å². The van der Waals surface area contributed by atoms with E-state index in [9.17, 15) is 0 Å². The molecule has 0 amide bonds. The second-order valence-electron chi connectivity index (χ2n) is 2.75. The van der Waals surface area contributed by atoms with Crippen LogP contribution in [0.25, 0.3) is 0 Å². The molecule has 0 aliphatic heterocycles. The van der Waals surface area contributed by atoms with Gasteiger partial charge in [0.15, 0.2) is 8.32 Å². The lowest BCUT2D eigenvalue weighted by molar-refractivity contribution is 0.394. The first kappa shape index (κ1) is 13.2. The summed E-state index contributed by atoms with van der Waals surface area (Å²) in [6, 6.07) is 3.10. The normalized spacial score (nSPS) is 12.0. The fraction of sp³-hybridized carbons (Fsp3) is 1.00. The van der Waals surface area contributed by atoms with Crippen LogP contribution < -0.4 is 0 Å². The molecule has 1 nitrogen and oxygen atoms in total. The maximum absolute atomic E-state index is 5.60. The van der Waals surface area contributed by atoms with Gasteiger partial charge in [-0.1, -0.05) is 18.1 Å². The molecule has 0 N–H and O–H groups in total. The topological polar surface area (TPSA) is 9.23 Å². The highest BCUT2D eigenvalue weighted by Crippen LogP contribution is 2.20. The van der Waals surface area contributed by atoms with Gasteiger partial charge in [0.1, 0.15) is 0 Å². The quantitative estimate of drug-likeness (QED) is 0.488. The minimum absolute atomic E-state index is 0.782. The van der Waals surface area contributed by atoms with Crippen LogP contribution in [0.4, 0.5) is 0 Å². The van der Waals surface area contributed by atoms with Gasteiger partial charge in [-0.3, -0.25) is 0 Å². The van der Waals surface area contributed by atoms with Crippen molar-refractivity contribution in [1.29, 1.82) is 0 Å². The first-order valence-corrected chi connectivity index (χ1v) is 8.30. The molecule has 0 aromatic carbocycles. The van der Waals surface area contributed by atoms with E-state index >= 15 is 0 Å². The Hall–Kier alpha value is 1.23. The van der Waals surface area contributed by atoms with E-state index in [0.29, 0.717) is 0 Å². The highest BCUT2D eigenvalue weighted by atomic mass is 32.1. The fourth-order valence-corrected chi connectivity index (χ4v) is 7.07. The molecule has 0 aromatic heterocycles. The monoisotopic (exact) mass is 239 g/mol. The van der Waals surface area contributed by atoms with Gasteiger partial charge in [0.05, 0.1) is 0 Å². The van der Waals surface area contributed by atoms with E-state index in [-0.39, 0.29) is 0 Å². The van der Waals surface area contributed by atoms with Crippen molar-refractivity contribution in [3.8, 4) is 0 Å². The lowest BCUT2D eigenvalue weighted by Gasteiger charge is -2.34. The number of rotatable bonds is 7. The van der Waals surface area contributed by atoms with Crippen molar-refractivity contribution in [1.82, 2.24) is 0 Å². The van der Waals surface area contributed by atoms with Gasteiger partial charge < -0.3 is 42.3 Å². The van der Waals surface area contributed by atoms with Crippen LogP contribution in [0.1, 0.15) is 0 Å². The van der Waals surface area contributed by atoms with Crippen LogP contribution in [0.3, 0.4) is 0 Å². The second-order valence-corrected chi connectivity index (χ2v) is 8.25. The Morgan fingerprint density at radius 1 is 0.917 bits per heavy atom. The van der Waals surface area contributed by atoms with E-state index in [0.717, 1.165) is 35.4 Å². The molecule has 0 fully saturated rings. The highest BCUT2D eigenvalue weighted by molar-refractivity contribution is 7.59. The van der Waals surface area contributed by atoms with E-state index < -0.39 is 8.32 Å². The first-order chi connectivity index (χ1) is 5.74. The minimum Gasteiger partial charge on any atom is -0.793 e. The molecular weight excluding hydrogens is 224 g/mol. The van der Waals surface area contributed by atoms with Crippen LogP contribution in [-0.4, -0.2) is 32.7 Å². The predicted molar refractivity (Wildman–Crippen MR) is 63.9 cm³/mol. The molecule has 5 heteroatoms. The van der Waals surface area contributed by atoms with Gasteiger partial charge in [-0.05, 0) is 0 Å². The predicted octanol–water partition coefficient (Wildman–Crippen LogP) is 1.22. The summed E-state index contributed by atoms with van der Waals surface area (Å²) < 4.78 is 5.60. The molecule has 74 valence electrons. The molecule has 0 saturated heterocycles. The highest BCUT2D eigenvalue weighted by Gasteiger charge is 2.27. The number of hydrogen-bond donors (Lipinski definition) is 0. The summed E-state index contributed by atoms with van der Waals surface area (Å²) in [5.41, 5.74) is 0. The lowest BCUT2D eigenvalue weighted by Crippen LogP contribution is -2.39. The van der Waals surface area contributed by atoms with Crippen molar-refractivity contribution in [2.24, 2.45) is 0 Å². The SMILES string of the molecule is CO[Si](CC[S-])(CC[S-])CC[S-]. The van der Waals surface area contributed by atoms with Crippen LogP contribution in [-0.2, 0) is 42.3 Å². The standard InChI is InChI=1S/C7H18OS3Si/c1-8-12(5-2-9,6-3-10)7-4-11/h9-11H,2-7H2,1H3/p-3. The molecular formula is C7H15OS3Si-3. The maximum atomic E-state index is 5.60. The molecule has 0 spiro atoms. The lowest BCUT2D eigenvalue weighted by atomic mass is 10.9. The molecule has 0 radical (unpaired) electrons. The third-order valence-corrected chi connectivity index (χ3v) is 8.16. The van der Waals surface area contributed by atoms with Crippen molar-refractivity contribution in [3.05, 3.63) is 0 Å². The molecule has 0 unspecified atom stereocenters. The Bertz CT molecular complexity index is 95.8. The van der Waals surface area contributed by atoms with E-state index in [2.05, 4.69) is 0 Å². The molecule has 0 bridgehead atoms.